The van der Waals surface area contributed by atoms with Gasteiger partial charge in [-0.15, -0.1) is 5.10 Å². The molecule has 0 saturated heterocycles. The molecule has 0 atom stereocenters. The maximum Gasteiger partial charge on any atom is 0.163 e. The molecule has 96 valence electrons. The van der Waals surface area contributed by atoms with Crippen molar-refractivity contribution in [1.29, 1.82) is 5.26 Å². The minimum atomic E-state index is 0.349. The SMILES string of the molecule is N#Cc1[nH]nnc1-c1ccc(Oc2ccccc2)cc1. The quantitative estimate of drug-likeness (QED) is 0.786. The van der Waals surface area contributed by atoms with Crippen molar-refractivity contribution in [3.63, 3.8) is 0 Å². The zero-order valence-electron chi connectivity index (χ0n) is 10.4. The highest BCUT2D eigenvalue weighted by Gasteiger charge is 2.09. The summed E-state index contributed by atoms with van der Waals surface area (Å²) in [4.78, 5) is 0. The fourth-order valence-corrected chi connectivity index (χ4v) is 1.81. The summed E-state index contributed by atoms with van der Waals surface area (Å²) in [6.07, 6.45) is 0. The molecule has 0 aliphatic carbocycles. The summed E-state index contributed by atoms with van der Waals surface area (Å²) in [6, 6.07) is 18.9. The molecule has 5 heteroatoms. The van der Waals surface area contributed by atoms with Gasteiger partial charge in [0.1, 0.15) is 23.3 Å². The number of aromatic nitrogens is 3. The molecule has 1 heterocycles. The second-order valence-electron chi connectivity index (χ2n) is 4.09. The Morgan fingerprint density at radius 3 is 2.35 bits per heavy atom. The van der Waals surface area contributed by atoms with Gasteiger partial charge in [0.15, 0.2) is 5.69 Å². The van der Waals surface area contributed by atoms with Crippen LogP contribution in [0.2, 0.25) is 0 Å². The van der Waals surface area contributed by atoms with Gasteiger partial charge >= 0.3 is 0 Å². The standard InChI is InChI=1S/C15H10N4O/c16-10-14-15(18-19-17-14)11-6-8-13(9-7-11)20-12-4-2-1-3-5-12/h1-9H,(H,17,18,19). The van der Waals surface area contributed by atoms with Gasteiger partial charge in [-0.05, 0) is 36.4 Å². The van der Waals surface area contributed by atoms with E-state index in [4.69, 9.17) is 10.00 Å². The third-order valence-electron chi connectivity index (χ3n) is 2.77. The number of nitrogens with zero attached hydrogens (tertiary/aromatic N) is 3. The van der Waals surface area contributed by atoms with Gasteiger partial charge in [0.05, 0.1) is 0 Å². The average Bonchev–Trinajstić information content (AvgIpc) is 2.98. The Hall–Kier alpha value is -3.13. The van der Waals surface area contributed by atoms with Crippen molar-refractivity contribution in [1.82, 2.24) is 15.4 Å². The summed E-state index contributed by atoms with van der Waals surface area (Å²) in [5, 5.41) is 19.0. The number of ether oxygens (including phenoxy) is 1. The van der Waals surface area contributed by atoms with Crippen LogP contribution >= 0.6 is 0 Å². The van der Waals surface area contributed by atoms with E-state index < -0.39 is 0 Å². The Bertz CT molecular complexity index is 742. The number of nitrogens with one attached hydrogen (secondary N) is 1. The van der Waals surface area contributed by atoms with Crippen molar-refractivity contribution in [3.8, 4) is 28.8 Å². The summed E-state index contributed by atoms with van der Waals surface area (Å²) in [6.45, 7) is 0. The van der Waals surface area contributed by atoms with Crippen LogP contribution in [0.15, 0.2) is 54.6 Å². The van der Waals surface area contributed by atoms with Crippen LogP contribution in [0, 0.1) is 11.3 Å². The Balaban J connectivity index is 1.84. The molecule has 1 N–H and O–H groups in total. The highest BCUT2D eigenvalue weighted by molar-refractivity contribution is 5.64. The van der Waals surface area contributed by atoms with Crippen LogP contribution in [0.1, 0.15) is 5.69 Å². The number of hydrogen-bond donors (Lipinski definition) is 1. The van der Waals surface area contributed by atoms with Gasteiger partial charge in [-0.3, -0.25) is 0 Å². The number of aromatic amines is 1. The lowest BCUT2D eigenvalue weighted by Gasteiger charge is -2.05. The number of para-hydroxylation sites is 1. The zero-order chi connectivity index (χ0) is 13.8. The molecule has 0 aliphatic rings. The number of benzene rings is 2. The van der Waals surface area contributed by atoms with E-state index in [9.17, 15) is 0 Å². The van der Waals surface area contributed by atoms with Crippen molar-refractivity contribution in [2.24, 2.45) is 0 Å². The van der Waals surface area contributed by atoms with Gasteiger partial charge in [-0.25, -0.2) is 5.10 Å². The van der Waals surface area contributed by atoms with Crippen LogP contribution in [0.4, 0.5) is 0 Å². The summed E-state index contributed by atoms with van der Waals surface area (Å²) < 4.78 is 5.70. The Morgan fingerprint density at radius 2 is 1.65 bits per heavy atom. The summed E-state index contributed by atoms with van der Waals surface area (Å²) in [7, 11) is 0. The van der Waals surface area contributed by atoms with Crippen LogP contribution in [-0.4, -0.2) is 15.4 Å². The molecule has 0 aliphatic heterocycles. The lowest BCUT2D eigenvalue weighted by molar-refractivity contribution is 0.483. The van der Waals surface area contributed by atoms with Crippen LogP contribution in [0.3, 0.4) is 0 Å². The first kappa shape index (κ1) is 11.9. The predicted molar refractivity (Wildman–Crippen MR) is 73.0 cm³/mol. The number of hydrogen-bond acceptors (Lipinski definition) is 4. The number of nitriles is 1. The smallest absolute Gasteiger partial charge is 0.163 e. The van der Waals surface area contributed by atoms with Crippen LogP contribution in [0.25, 0.3) is 11.3 Å². The monoisotopic (exact) mass is 262 g/mol. The summed E-state index contributed by atoms with van der Waals surface area (Å²) in [5.74, 6) is 1.50. The maximum absolute atomic E-state index is 8.93. The third kappa shape index (κ3) is 2.35. The molecule has 0 radical (unpaired) electrons. The topological polar surface area (TPSA) is 74.6 Å². The molecule has 1 aromatic heterocycles. The van der Waals surface area contributed by atoms with E-state index in [1.807, 2.05) is 60.7 Å². The van der Waals surface area contributed by atoms with E-state index in [0.29, 0.717) is 11.4 Å². The summed E-state index contributed by atoms with van der Waals surface area (Å²) >= 11 is 0. The zero-order valence-corrected chi connectivity index (χ0v) is 10.4. The first-order valence-electron chi connectivity index (χ1n) is 6.01. The Labute approximate surface area is 115 Å². The van der Waals surface area contributed by atoms with Crippen molar-refractivity contribution < 1.29 is 4.74 Å². The van der Waals surface area contributed by atoms with E-state index in [0.717, 1.165) is 17.1 Å². The fraction of sp³-hybridized carbons (Fsp3) is 0. The minimum absolute atomic E-state index is 0.349. The molecule has 0 saturated carbocycles. The normalized spacial score (nSPS) is 9.95. The number of rotatable bonds is 3. The van der Waals surface area contributed by atoms with Gasteiger partial charge in [0.25, 0.3) is 0 Å². The van der Waals surface area contributed by atoms with Gasteiger partial charge in [0, 0.05) is 5.56 Å². The van der Waals surface area contributed by atoms with Crippen LogP contribution in [0.5, 0.6) is 11.5 Å². The van der Waals surface area contributed by atoms with Gasteiger partial charge in [-0.2, -0.15) is 5.26 Å². The Kier molecular flexibility index (Phi) is 3.13. The van der Waals surface area contributed by atoms with Crippen molar-refractivity contribution in [2.45, 2.75) is 0 Å². The first-order valence-corrected chi connectivity index (χ1v) is 6.01. The molecule has 0 spiro atoms. The third-order valence-corrected chi connectivity index (χ3v) is 2.77. The van der Waals surface area contributed by atoms with Crippen LogP contribution in [-0.2, 0) is 0 Å². The number of H-pyrrole nitrogens is 1. The summed E-state index contributed by atoms with van der Waals surface area (Å²) in [5.41, 5.74) is 1.70. The lowest BCUT2D eigenvalue weighted by atomic mass is 10.1. The average molecular weight is 262 g/mol. The van der Waals surface area contributed by atoms with Gasteiger partial charge in [0.2, 0.25) is 0 Å². The van der Waals surface area contributed by atoms with Gasteiger partial charge < -0.3 is 4.74 Å². The second-order valence-corrected chi connectivity index (χ2v) is 4.09. The molecular formula is C15H10N4O. The molecule has 0 fully saturated rings. The molecule has 0 unspecified atom stereocenters. The predicted octanol–water partition coefficient (Wildman–Crippen LogP) is 3.14. The first-order chi connectivity index (χ1) is 9.86. The molecule has 0 amide bonds. The van der Waals surface area contributed by atoms with Crippen molar-refractivity contribution in [2.75, 3.05) is 0 Å². The second kappa shape index (κ2) is 5.24. The van der Waals surface area contributed by atoms with E-state index >= 15 is 0 Å². The molecule has 0 bridgehead atoms. The largest absolute Gasteiger partial charge is 0.457 e. The van der Waals surface area contributed by atoms with E-state index in [1.54, 1.807) is 0 Å². The maximum atomic E-state index is 8.93. The highest BCUT2D eigenvalue weighted by Crippen LogP contribution is 2.25. The van der Waals surface area contributed by atoms with E-state index in [2.05, 4.69) is 15.4 Å². The van der Waals surface area contributed by atoms with Crippen molar-refractivity contribution >= 4 is 0 Å². The van der Waals surface area contributed by atoms with E-state index in [-0.39, 0.29) is 0 Å². The molecule has 5 nitrogen and oxygen atoms in total. The molecule has 3 rings (SSSR count). The minimum Gasteiger partial charge on any atom is -0.457 e. The highest BCUT2D eigenvalue weighted by atomic mass is 16.5. The molecule has 3 aromatic rings. The molecular weight excluding hydrogens is 252 g/mol. The molecule has 2 aromatic carbocycles. The van der Waals surface area contributed by atoms with Crippen molar-refractivity contribution in [3.05, 3.63) is 60.3 Å². The Morgan fingerprint density at radius 1 is 0.950 bits per heavy atom. The lowest BCUT2D eigenvalue weighted by Crippen LogP contribution is -1.85. The fourth-order valence-electron chi connectivity index (χ4n) is 1.81. The van der Waals surface area contributed by atoms with Gasteiger partial charge in [-0.1, -0.05) is 23.4 Å². The van der Waals surface area contributed by atoms with Crippen LogP contribution < -0.4 is 4.74 Å². The molecule has 20 heavy (non-hydrogen) atoms. The van der Waals surface area contributed by atoms with E-state index in [1.165, 1.54) is 0 Å².